The zero-order valence-corrected chi connectivity index (χ0v) is 14.4. The highest BCUT2D eigenvalue weighted by molar-refractivity contribution is 5.54. The number of nitrogens with zero attached hydrogens (tertiary/aromatic N) is 2. The standard InChI is InChI=1S/C19H22N2O2/c1-6-15-16(10-14-8-12(2)7-13(3)9-14)17(11-20)19(23-5)21-18(15)22-4/h7-9H,6,10H2,1-5H3. The lowest BCUT2D eigenvalue weighted by Gasteiger charge is -2.16. The fourth-order valence-electron chi connectivity index (χ4n) is 2.99. The molecule has 0 amide bonds. The topological polar surface area (TPSA) is 55.1 Å². The van der Waals surface area contributed by atoms with E-state index in [1.807, 2.05) is 6.92 Å². The van der Waals surface area contributed by atoms with Gasteiger partial charge in [0.05, 0.1) is 14.2 Å². The number of aryl methyl sites for hydroxylation is 2. The van der Waals surface area contributed by atoms with Gasteiger partial charge in [0, 0.05) is 5.56 Å². The van der Waals surface area contributed by atoms with Gasteiger partial charge in [-0.1, -0.05) is 36.2 Å². The van der Waals surface area contributed by atoms with Crippen molar-refractivity contribution in [2.45, 2.75) is 33.6 Å². The highest BCUT2D eigenvalue weighted by Crippen LogP contribution is 2.32. The smallest absolute Gasteiger partial charge is 0.235 e. The van der Waals surface area contributed by atoms with Crippen molar-refractivity contribution in [1.29, 1.82) is 5.26 Å². The molecule has 0 spiro atoms. The van der Waals surface area contributed by atoms with Crippen LogP contribution in [0.3, 0.4) is 0 Å². The molecule has 4 nitrogen and oxygen atoms in total. The molecular weight excluding hydrogens is 288 g/mol. The van der Waals surface area contributed by atoms with Crippen LogP contribution in [0.1, 0.15) is 40.3 Å². The summed E-state index contributed by atoms with van der Waals surface area (Å²) in [6.45, 7) is 6.20. The fraction of sp³-hybridized carbons (Fsp3) is 0.368. The summed E-state index contributed by atoms with van der Waals surface area (Å²) in [6, 6.07) is 8.68. The maximum absolute atomic E-state index is 9.59. The van der Waals surface area contributed by atoms with Crippen LogP contribution in [0.2, 0.25) is 0 Å². The maximum atomic E-state index is 9.59. The molecule has 0 fully saturated rings. The van der Waals surface area contributed by atoms with Gasteiger partial charge in [-0.3, -0.25) is 0 Å². The molecule has 0 saturated heterocycles. The molecular formula is C19H22N2O2. The van der Waals surface area contributed by atoms with Crippen LogP contribution >= 0.6 is 0 Å². The van der Waals surface area contributed by atoms with Crippen molar-refractivity contribution in [2.24, 2.45) is 0 Å². The number of hydrogen-bond donors (Lipinski definition) is 0. The molecule has 0 saturated carbocycles. The summed E-state index contributed by atoms with van der Waals surface area (Å²) in [5, 5.41) is 9.59. The Bertz CT molecular complexity index is 741. The van der Waals surface area contributed by atoms with Crippen molar-refractivity contribution in [3.63, 3.8) is 0 Å². The molecule has 4 heteroatoms. The lowest BCUT2D eigenvalue weighted by Crippen LogP contribution is -2.07. The first-order valence-corrected chi connectivity index (χ1v) is 7.65. The Kier molecular flexibility index (Phi) is 5.23. The molecule has 1 aromatic carbocycles. The number of pyridine rings is 1. The summed E-state index contributed by atoms with van der Waals surface area (Å²) < 4.78 is 10.7. The quantitative estimate of drug-likeness (QED) is 0.844. The number of rotatable bonds is 5. The third-order valence-corrected chi connectivity index (χ3v) is 3.86. The normalized spacial score (nSPS) is 10.3. The first kappa shape index (κ1) is 16.8. The first-order valence-electron chi connectivity index (χ1n) is 7.65. The summed E-state index contributed by atoms with van der Waals surface area (Å²) in [5.41, 5.74) is 5.98. The summed E-state index contributed by atoms with van der Waals surface area (Å²) in [6.07, 6.45) is 1.40. The van der Waals surface area contributed by atoms with Crippen LogP contribution in [0.25, 0.3) is 0 Å². The van der Waals surface area contributed by atoms with E-state index in [4.69, 9.17) is 9.47 Å². The van der Waals surface area contributed by atoms with E-state index in [0.717, 1.165) is 17.5 Å². The van der Waals surface area contributed by atoms with Gasteiger partial charge < -0.3 is 9.47 Å². The summed E-state index contributed by atoms with van der Waals surface area (Å²) in [4.78, 5) is 4.32. The number of ether oxygens (including phenoxy) is 2. The second-order valence-corrected chi connectivity index (χ2v) is 5.60. The lowest BCUT2D eigenvalue weighted by atomic mass is 9.93. The predicted molar refractivity (Wildman–Crippen MR) is 90.2 cm³/mol. The van der Waals surface area contributed by atoms with Crippen LogP contribution in [0.15, 0.2) is 18.2 Å². The number of benzene rings is 1. The lowest BCUT2D eigenvalue weighted by molar-refractivity contribution is 0.359. The van der Waals surface area contributed by atoms with Gasteiger partial charge in [-0.2, -0.15) is 10.2 Å². The number of hydrogen-bond acceptors (Lipinski definition) is 4. The van der Waals surface area contributed by atoms with Crippen LogP contribution < -0.4 is 9.47 Å². The largest absolute Gasteiger partial charge is 0.481 e. The molecule has 2 rings (SSSR count). The van der Waals surface area contributed by atoms with Gasteiger partial charge in [0.25, 0.3) is 0 Å². The van der Waals surface area contributed by atoms with E-state index in [0.29, 0.717) is 23.7 Å². The Morgan fingerprint density at radius 1 is 1.00 bits per heavy atom. The molecule has 0 aliphatic rings. The summed E-state index contributed by atoms with van der Waals surface area (Å²) >= 11 is 0. The number of nitriles is 1. The van der Waals surface area contributed by atoms with E-state index >= 15 is 0 Å². The third-order valence-electron chi connectivity index (χ3n) is 3.86. The van der Waals surface area contributed by atoms with Gasteiger partial charge in [0.2, 0.25) is 11.8 Å². The molecule has 0 radical (unpaired) electrons. The molecule has 0 aliphatic carbocycles. The zero-order valence-electron chi connectivity index (χ0n) is 14.4. The average molecular weight is 310 g/mol. The molecule has 0 unspecified atom stereocenters. The van der Waals surface area contributed by atoms with Crippen molar-refractivity contribution in [2.75, 3.05) is 14.2 Å². The van der Waals surface area contributed by atoms with Gasteiger partial charge in [-0.15, -0.1) is 0 Å². The molecule has 23 heavy (non-hydrogen) atoms. The fourth-order valence-corrected chi connectivity index (χ4v) is 2.99. The van der Waals surface area contributed by atoms with Crippen molar-refractivity contribution < 1.29 is 9.47 Å². The Balaban J connectivity index is 2.65. The molecule has 120 valence electrons. The minimum absolute atomic E-state index is 0.320. The molecule has 1 aromatic heterocycles. The highest BCUT2D eigenvalue weighted by Gasteiger charge is 2.20. The van der Waals surface area contributed by atoms with Crippen LogP contribution in [-0.2, 0) is 12.8 Å². The second-order valence-electron chi connectivity index (χ2n) is 5.60. The SMILES string of the molecule is CCc1c(OC)nc(OC)c(C#N)c1Cc1cc(C)cc(C)c1. The summed E-state index contributed by atoms with van der Waals surface area (Å²) in [7, 11) is 3.11. The van der Waals surface area contributed by atoms with Crippen molar-refractivity contribution in [3.05, 3.63) is 51.6 Å². The molecule has 2 aromatic rings. The van der Waals surface area contributed by atoms with E-state index in [1.54, 1.807) is 7.11 Å². The highest BCUT2D eigenvalue weighted by atomic mass is 16.5. The van der Waals surface area contributed by atoms with Gasteiger partial charge >= 0.3 is 0 Å². The molecule has 0 atom stereocenters. The minimum Gasteiger partial charge on any atom is -0.481 e. The number of methoxy groups -OCH3 is 2. The average Bonchev–Trinajstić information content (AvgIpc) is 2.52. The Labute approximate surface area is 137 Å². The van der Waals surface area contributed by atoms with Crippen LogP contribution in [0.4, 0.5) is 0 Å². The van der Waals surface area contributed by atoms with E-state index in [9.17, 15) is 5.26 Å². The maximum Gasteiger partial charge on any atom is 0.235 e. The van der Waals surface area contributed by atoms with Gasteiger partial charge in [-0.05, 0) is 37.8 Å². The van der Waals surface area contributed by atoms with E-state index in [1.165, 1.54) is 23.8 Å². The minimum atomic E-state index is 0.320. The van der Waals surface area contributed by atoms with Gasteiger partial charge in [0.15, 0.2) is 0 Å². The van der Waals surface area contributed by atoms with Crippen molar-refractivity contribution in [3.8, 4) is 17.8 Å². The zero-order chi connectivity index (χ0) is 17.0. The monoisotopic (exact) mass is 310 g/mol. The van der Waals surface area contributed by atoms with Gasteiger partial charge in [-0.25, -0.2) is 0 Å². The second kappa shape index (κ2) is 7.15. The summed E-state index contributed by atoms with van der Waals surface area (Å²) in [5.74, 6) is 0.851. The van der Waals surface area contributed by atoms with E-state index in [2.05, 4.69) is 43.1 Å². The predicted octanol–water partition coefficient (Wildman–Crippen LogP) is 3.74. The van der Waals surface area contributed by atoms with Crippen molar-refractivity contribution >= 4 is 0 Å². The number of aromatic nitrogens is 1. The van der Waals surface area contributed by atoms with Crippen LogP contribution in [0.5, 0.6) is 11.8 Å². The van der Waals surface area contributed by atoms with Crippen molar-refractivity contribution in [1.82, 2.24) is 4.98 Å². The Hall–Kier alpha value is -2.54. The van der Waals surface area contributed by atoms with Crippen LogP contribution in [0, 0.1) is 25.2 Å². The Morgan fingerprint density at radius 2 is 1.61 bits per heavy atom. The molecule has 0 aliphatic heterocycles. The molecule has 0 N–H and O–H groups in total. The third kappa shape index (κ3) is 3.45. The molecule has 0 bridgehead atoms. The van der Waals surface area contributed by atoms with Crippen LogP contribution in [-0.4, -0.2) is 19.2 Å². The first-order chi connectivity index (χ1) is 11.0. The van der Waals surface area contributed by atoms with E-state index < -0.39 is 0 Å². The Morgan fingerprint density at radius 3 is 2.09 bits per heavy atom. The molecule has 1 heterocycles. The van der Waals surface area contributed by atoms with Gasteiger partial charge in [0.1, 0.15) is 11.6 Å². The van der Waals surface area contributed by atoms with E-state index in [-0.39, 0.29) is 0 Å².